The van der Waals surface area contributed by atoms with Gasteiger partial charge in [0.2, 0.25) is 0 Å². The molecule has 2 fully saturated rings. The van der Waals surface area contributed by atoms with Gasteiger partial charge >= 0.3 is 7.05 Å². The van der Waals surface area contributed by atoms with E-state index in [0.29, 0.717) is 6.04 Å². The third kappa shape index (κ3) is 2.65. The van der Waals surface area contributed by atoms with Crippen LogP contribution in [0.15, 0.2) is 78.9 Å². The van der Waals surface area contributed by atoms with Gasteiger partial charge in [0.05, 0.1) is 6.54 Å². The van der Waals surface area contributed by atoms with Gasteiger partial charge in [-0.1, -0.05) is 84.4 Å². The monoisotopic (exact) mass is 368 g/mol. The van der Waals surface area contributed by atoms with Crippen molar-refractivity contribution in [2.75, 3.05) is 6.54 Å². The van der Waals surface area contributed by atoms with Gasteiger partial charge in [-0.05, 0) is 30.5 Å². The molecule has 1 N–H and O–H groups in total. The molecule has 2 saturated heterocycles. The van der Waals surface area contributed by atoms with Crippen LogP contribution >= 0.6 is 0 Å². The van der Waals surface area contributed by atoms with E-state index < -0.39 is 5.60 Å². The zero-order valence-electron chi connectivity index (χ0n) is 16.7. The van der Waals surface area contributed by atoms with Gasteiger partial charge in [-0.25, -0.2) is 0 Å². The predicted octanol–water partition coefficient (Wildman–Crippen LogP) is 3.02. The molecule has 3 aromatic rings. The molecule has 0 aromatic heterocycles. The van der Waals surface area contributed by atoms with Crippen molar-refractivity contribution in [3.8, 4) is 0 Å². The summed E-state index contributed by atoms with van der Waals surface area (Å²) >= 11 is 0. The Bertz CT molecular complexity index is 933. The minimum Gasteiger partial charge on any atom is -0.368 e. The van der Waals surface area contributed by atoms with Gasteiger partial charge in [0, 0.05) is 18.3 Å². The Morgan fingerprint density at radius 3 is 2.14 bits per heavy atom. The molecule has 2 aliphatic heterocycles. The van der Waals surface area contributed by atoms with Crippen LogP contribution in [0.25, 0.3) is 0 Å². The van der Waals surface area contributed by atoms with E-state index in [0.717, 1.165) is 0 Å². The molecule has 140 valence electrons. The molecule has 0 saturated carbocycles. The van der Waals surface area contributed by atoms with E-state index >= 15 is 0 Å². The maximum Gasteiger partial charge on any atom is 0.611 e. The van der Waals surface area contributed by atoms with E-state index in [1.807, 2.05) is 0 Å². The summed E-state index contributed by atoms with van der Waals surface area (Å²) in [6.45, 7) is 5.56. The Kier molecular flexibility index (Phi) is 4.38. The second kappa shape index (κ2) is 6.91. The largest absolute Gasteiger partial charge is 0.611 e. The number of nitrogens with one attached hydrogen (secondary N) is 1. The Balaban J connectivity index is 1.70. The topological polar surface area (TPSA) is 13.7 Å². The van der Waals surface area contributed by atoms with E-state index in [4.69, 9.17) is 4.65 Å². The zero-order valence-corrected chi connectivity index (χ0v) is 16.7. The molecule has 3 aromatic carbocycles. The maximum atomic E-state index is 7.16. The molecular formula is C25H27BNO+. The lowest BCUT2D eigenvalue weighted by Gasteiger charge is -2.33. The summed E-state index contributed by atoms with van der Waals surface area (Å²) < 4.78 is 7.16. The van der Waals surface area contributed by atoms with Crippen molar-refractivity contribution in [3.05, 3.63) is 101 Å². The molecule has 2 atom stereocenters. The van der Waals surface area contributed by atoms with Crippen molar-refractivity contribution in [1.29, 1.82) is 0 Å². The third-order valence-corrected chi connectivity index (χ3v) is 6.65. The van der Waals surface area contributed by atoms with Gasteiger partial charge in [-0.2, -0.15) is 0 Å². The van der Waals surface area contributed by atoms with E-state index in [-0.39, 0.29) is 7.05 Å². The number of aryl methyl sites for hydroxylation is 2. The fourth-order valence-electron chi connectivity index (χ4n) is 5.45. The number of hydrogen-bond donors (Lipinski definition) is 1. The Labute approximate surface area is 168 Å². The van der Waals surface area contributed by atoms with Gasteiger partial charge in [0.25, 0.3) is 0 Å². The number of fused-ring (bicyclic) bond motifs is 1. The van der Waals surface area contributed by atoms with Crippen molar-refractivity contribution in [2.45, 2.75) is 38.3 Å². The highest BCUT2D eigenvalue weighted by atomic mass is 16.5. The van der Waals surface area contributed by atoms with Crippen LogP contribution in [0.2, 0.25) is 0 Å². The lowest BCUT2D eigenvalue weighted by Crippen LogP contribution is -3.19. The molecule has 0 radical (unpaired) electrons. The molecule has 28 heavy (non-hydrogen) atoms. The van der Waals surface area contributed by atoms with Gasteiger partial charge < -0.3 is 9.47 Å². The van der Waals surface area contributed by atoms with E-state index in [1.165, 1.54) is 47.1 Å². The number of quaternary nitrogens is 1. The summed E-state index contributed by atoms with van der Waals surface area (Å²) in [6.07, 6.45) is 2.45. The first-order valence-corrected chi connectivity index (χ1v) is 10.4. The molecule has 0 amide bonds. The first-order chi connectivity index (χ1) is 13.7. The minimum atomic E-state index is -0.393. The smallest absolute Gasteiger partial charge is 0.368 e. The number of benzene rings is 3. The fourth-order valence-corrected chi connectivity index (χ4v) is 5.45. The molecule has 2 aliphatic rings. The normalized spacial score (nSPS) is 23.0. The molecule has 0 spiro atoms. The van der Waals surface area contributed by atoms with Crippen LogP contribution in [0.1, 0.15) is 35.1 Å². The first kappa shape index (κ1) is 17.7. The lowest BCUT2D eigenvalue weighted by atomic mass is 9.69. The standard InChI is InChI=1S/C25H26BNO/c1-19-15-16-23(20(2)18-19)26-27-17-9-14-24(27)25(28-26,21-10-5-3-6-11-21)22-12-7-4-8-13-22/h3-8,10-13,15-16,18,24H,9,14,17H2,1-2H3/p+1/t24-/m0/s1. The van der Waals surface area contributed by atoms with E-state index in [2.05, 4.69) is 92.7 Å². The summed E-state index contributed by atoms with van der Waals surface area (Å²) in [6, 6.07) is 29.0. The second-order valence-corrected chi connectivity index (χ2v) is 8.35. The Morgan fingerprint density at radius 2 is 1.54 bits per heavy atom. The molecule has 1 unspecified atom stereocenters. The lowest BCUT2D eigenvalue weighted by molar-refractivity contribution is -0.799. The Morgan fingerprint density at radius 1 is 0.893 bits per heavy atom. The van der Waals surface area contributed by atoms with Gasteiger partial charge in [0.1, 0.15) is 6.04 Å². The summed E-state index contributed by atoms with van der Waals surface area (Å²) in [7, 11) is 0.0773. The fraction of sp³-hybridized carbons (Fsp3) is 0.280. The molecule has 2 nitrogen and oxygen atoms in total. The van der Waals surface area contributed by atoms with Crippen molar-refractivity contribution in [1.82, 2.24) is 0 Å². The number of rotatable bonds is 3. The van der Waals surface area contributed by atoms with Crippen LogP contribution in [-0.2, 0) is 10.3 Å². The molecular weight excluding hydrogens is 341 g/mol. The summed E-state index contributed by atoms with van der Waals surface area (Å²) in [5.41, 5.74) is 6.14. The zero-order chi connectivity index (χ0) is 19.1. The number of hydrogen-bond acceptors (Lipinski definition) is 1. The van der Waals surface area contributed by atoms with Crippen LogP contribution in [-0.4, -0.2) is 19.6 Å². The van der Waals surface area contributed by atoms with E-state index in [9.17, 15) is 0 Å². The van der Waals surface area contributed by atoms with Gasteiger partial charge in [-0.15, -0.1) is 0 Å². The van der Waals surface area contributed by atoms with Crippen LogP contribution in [0.5, 0.6) is 0 Å². The molecule has 5 rings (SSSR count). The predicted molar refractivity (Wildman–Crippen MR) is 115 cm³/mol. The van der Waals surface area contributed by atoms with Crippen LogP contribution in [0, 0.1) is 13.8 Å². The van der Waals surface area contributed by atoms with Crippen molar-refractivity contribution in [2.24, 2.45) is 0 Å². The van der Waals surface area contributed by atoms with Gasteiger partial charge in [-0.3, -0.25) is 0 Å². The molecule has 2 heterocycles. The summed E-state index contributed by atoms with van der Waals surface area (Å²) in [4.78, 5) is 1.58. The first-order valence-electron chi connectivity index (χ1n) is 10.4. The highest BCUT2D eigenvalue weighted by Gasteiger charge is 2.64. The second-order valence-electron chi connectivity index (χ2n) is 8.35. The van der Waals surface area contributed by atoms with Crippen molar-refractivity contribution < 1.29 is 9.47 Å². The summed E-state index contributed by atoms with van der Waals surface area (Å²) in [5, 5.41) is 0. The van der Waals surface area contributed by atoms with Crippen molar-refractivity contribution >= 4 is 12.5 Å². The van der Waals surface area contributed by atoms with E-state index in [1.54, 1.807) is 4.81 Å². The van der Waals surface area contributed by atoms with Crippen LogP contribution in [0.3, 0.4) is 0 Å². The molecule has 0 aliphatic carbocycles. The molecule has 3 heteroatoms. The average Bonchev–Trinajstić information content (AvgIpc) is 3.32. The highest BCUT2D eigenvalue weighted by molar-refractivity contribution is 6.60. The van der Waals surface area contributed by atoms with Crippen LogP contribution in [0.4, 0.5) is 0 Å². The third-order valence-electron chi connectivity index (χ3n) is 6.65. The Hall–Kier alpha value is -2.36. The van der Waals surface area contributed by atoms with Crippen LogP contribution < -0.4 is 10.3 Å². The average molecular weight is 368 g/mol. The SMILES string of the molecule is Cc1ccc(B2OC(c3ccccc3)(c3ccccc3)[C@@H]3CCC[NH+]23)c(C)c1. The maximum absolute atomic E-state index is 7.16. The molecule has 0 bridgehead atoms. The quantitative estimate of drug-likeness (QED) is 0.702. The minimum absolute atomic E-state index is 0.0773. The highest BCUT2D eigenvalue weighted by Crippen LogP contribution is 2.41. The van der Waals surface area contributed by atoms with Crippen molar-refractivity contribution in [3.63, 3.8) is 0 Å². The summed E-state index contributed by atoms with van der Waals surface area (Å²) in [5.74, 6) is 0. The van der Waals surface area contributed by atoms with Gasteiger partial charge in [0.15, 0.2) is 5.60 Å².